The van der Waals surface area contributed by atoms with Crippen LogP contribution in [0.15, 0.2) is 24.3 Å². The number of piperidine rings is 1. The molecule has 0 aliphatic carbocycles. The molecule has 1 fully saturated rings. The lowest BCUT2D eigenvalue weighted by molar-refractivity contribution is 0.0998. The van der Waals surface area contributed by atoms with Crippen molar-refractivity contribution < 1.29 is 5.11 Å². The van der Waals surface area contributed by atoms with Crippen LogP contribution >= 0.6 is 11.6 Å². The number of aliphatic hydroxyl groups is 1. The van der Waals surface area contributed by atoms with Crippen molar-refractivity contribution in [2.45, 2.75) is 57.2 Å². The van der Waals surface area contributed by atoms with Gasteiger partial charge in [0.2, 0.25) is 0 Å². The van der Waals surface area contributed by atoms with Gasteiger partial charge in [-0.25, -0.2) is 0 Å². The van der Waals surface area contributed by atoms with Crippen molar-refractivity contribution in [3.8, 4) is 0 Å². The molecule has 1 aromatic rings. The number of halogens is 1. The van der Waals surface area contributed by atoms with Gasteiger partial charge in [-0.05, 0) is 37.0 Å². The molecule has 1 aromatic carbocycles. The standard InChI is InChI=1S/C15H22ClNO/c1-2-5-13-8-4-9-14(17-13)15(18)11-6-3-7-12(16)10-11/h3,6-7,10,13-15,17-18H,2,4-5,8-9H2,1H3/t13-,14-,15-/m0/s1. The Kier molecular flexibility index (Phi) is 5.04. The van der Waals surface area contributed by atoms with E-state index in [0.717, 1.165) is 12.0 Å². The Hall–Kier alpha value is -0.570. The second-order valence-corrected chi connectivity index (χ2v) is 5.63. The monoisotopic (exact) mass is 267 g/mol. The zero-order valence-electron chi connectivity index (χ0n) is 10.9. The maximum Gasteiger partial charge on any atom is 0.0943 e. The molecule has 0 unspecified atom stereocenters. The number of rotatable bonds is 4. The summed E-state index contributed by atoms with van der Waals surface area (Å²) in [6.07, 6.45) is 5.39. The van der Waals surface area contributed by atoms with Crippen molar-refractivity contribution in [3.05, 3.63) is 34.9 Å². The predicted molar refractivity (Wildman–Crippen MR) is 75.9 cm³/mol. The van der Waals surface area contributed by atoms with Gasteiger partial charge < -0.3 is 10.4 Å². The summed E-state index contributed by atoms with van der Waals surface area (Å²) in [6.45, 7) is 2.21. The Labute approximate surface area is 114 Å². The lowest BCUT2D eigenvalue weighted by atomic mass is 9.90. The molecule has 2 nitrogen and oxygen atoms in total. The summed E-state index contributed by atoms with van der Waals surface area (Å²) in [6, 6.07) is 8.26. The van der Waals surface area contributed by atoms with Gasteiger partial charge in [-0.1, -0.05) is 43.5 Å². The van der Waals surface area contributed by atoms with Crippen LogP contribution in [-0.4, -0.2) is 17.2 Å². The van der Waals surface area contributed by atoms with E-state index in [1.54, 1.807) is 0 Å². The van der Waals surface area contributed by atoms with Crippen LogP contribution in [-0.2, 0) is 0 Å². The fourth-order valence-corrected chi connectivity index (χ4v) is 3.00. The van der Waals surface area contributed by atoms with E-state index >= 15 is 0 Å². The third-order valence-corrected chi connectivity index (χ3v) is 3.96. The summed E-state index contributed by atoms with van der Waals surface area (Å²) in [7, 11) is 0. The summed E-state index contributed by atoms with van der Waals surface area (Å²) in [5.41, 5.74) is 0.914. The minimum Gasteiger partial charge on any atom is -0.387 e. The Bertz CT molecular complexity index is 381. The van der Waals surface area contributed by atoms with Crippen molar-refractivity contribution in [2.24, 2.45) is 0 Å². The zero-order chi connectivity index (χ0) is 13.0. The van der Waals surface area contributed by atoms with Crippen LogP contribution in [0, 0.1) is 0 Å². The van der Waals surface area contributed by atoms with Gasteiger partial charge in [0.15, 0.2) is 0 Å². The van der Waals surface area contributed by atoms with Gasteiger partial charge in [0.05, 0.1) is 6.10 Å². The van der Waals surface area contributed by atoms with E-state index in [0.29, 0.717) is 11.1 Å². The Morgan fingerprint density at radius 2 is 2.28 bits per heavy atom. The molecule has 1 aliphatic rings. The normalized spacial score (nSPS) is 25.9. The summed E-state index contributed by atoms with van der Waals surface area (Å²) in [4.78, 5) is 0. The largest absolute Gasteiger partial charge is 0.387 e. The van der Waals surface area contributed by atoms with Crippen LogP contribution in [0.4, 0.5) is 0 Å². The molecule has 2 rings (SSSR count). The van der Waals surface area contributed by atoms with Crippen LogP contribution in [0.3, 0.4) is 0 Å². The highest BCUT2D eigenvalue weighted by Crippen LogP contribution is 2.27. The molecule has 3 atom stereocenters. The molecule has 0 spiro atoms. The van der Waals surface area contributed by atoms with E-state index in [1.807, 2.05) is 24.3 Å². The van der Waals surface area contributed by atoms with Crippen LogP contribution in [0.1, 0.15) is 50.7 Å². The molecule has 3 heteroatoms. The minimum atomic E-state index is -0.455. The van der Waals surface area contributed by atoms with Crippen LogP contribution in [0.2, 0.25) is 5.02 Å². The highest BCUT2D eigenvalue weighted by atomic mass is 35.5. The lowest BCUT2D eigenvalue weighted by Gasteiger charge is -2.34. The average molecular weight is 268 g/mol. The van der Waals surface area contributed by atoms with Gasteiger partial charge in [0, 0.05) is 17.1 Å². The summed E-state index contributed by atoms with van der Waals surface area (Å²) >= 11 is 5.97. The Morgan fingerprint density at radius 1 is 1.44 bits per heavy atom. The first kappa shape index (κ1) is 13.9. The van der Waals surface area contributed by atoms with E-state index in [2.05, 4.69) is 12.2 Å². The first-order chi connectivity index (χ1) is 8.70. The maximum absolute atomic E-state index is 10.4. The van der Waals surface area contributed by atoms with Gasteiger partial charge in [-0.2, -0.15) is 0 Å². The number of benzene rings is 1. The second-order valence-electron chi connectivity index (χ2n) is 5.19. The molecule has 0 saturated carbocycles. The smallest absolute Gasteiger partial charge is 0.0943 e. The zero-order valence-corrected chi connectivity index (χ0v) is 11.7. The van der Waals surface area contributed by atoms with Gasteiger partial charge in [0.1, 0.15) is 0 Å². The van der Waals surface area contributed by atoms with Gasteiger partial charge in [0.25, 0.3) is 0 Å². The van der Waals surface area contributed by atoms with Gasteiger partial charge in [-0.15, -0.1) is 0 Å². The molecule has 0 radical (unpaired) electrons. The topological polar surface area (TPSA) is 32.3 Å². The number of nitrogens with one attached hydrogen (secondary N) is 1. The molecular formula is C15H22ClNO. The van der Waals surface area contributed by atoms with E-state index in [-0.39, 0.29) is 6.04 Å². The van der Waals surface area contributed by atoms with Gasteiger partial charge in [-0.3, -0.25) is 0 Å². The fourth-order valence-electron chi connectivity index (χ4n) is 2.80. The van der Waals surface area contributed by atoms with Crippen LogP contribution in [0.5, 0.6) is 0 Å². The fraction of sp³-hybridized carbons (Fsp3) is 0.600. The third kappa shape index (κ3) is 3.47. The summed E-state index contributed by atoms with van der Waals surface area (Å²) in [5, 5.41) is 14.7. The van der Waals surface area contributed by atoms with Crippen molar-refractivity contribution in [1.29, 1.82) is 0 Å². The summed E-state index contributed by atoms with van der Waals surface area (Å²) < 4.78 is 0. The summed E-state index contributed by atoms with van der Waals surface area (Å²) in [5.74, 6) is 0. The second kappa shape index (κ2) is 6.55. The van der Waals surface area contributed by atoms with E-state index in [1.165, 1.54) is 25.7 Å². The number of hydrogen-bond acceptors (Lipinski definition) is 2. The van der Waals surface area contributed by atoms with E-state index in [9.17, 15) is 5.11 Å². The molecule has 2 N–H and O–H groups in total. The SMILES string of the molecule is CCC[C@H]1CCC[C@@H]([C@@H](O)c2cccc(Cl)c2)N1. The third-order valence-electron chi connectivity index (χ3n) is 3.73. The lowest BCUT2D eigenvalue weighted by Crippen LogP contribution is -2.45. The van der Waals surface area contributed by atoms with Crippen LogP contribution < -0.4 is 5.32 Å². The molecule has 18 heavy (non-hydrogen) atoms. The predicted octanol–water partition coefficient (Wildman–Crippen LogP) is 3.68. The molecule has 0 bridgehead atoms. The number of hydrogen-bond donors (Lipinski definition) is 2. The molecule has 1 aliphatic heterocycles. The van der Waals surface area contributed by atoms with Gasteiger partial charge >= 0.3 is 0 Å². The first-order valence-corrected chi connectivity index (χ1v) is 7.28. The van der Waals surface area contributed by atoms with Crippen molar-refractivity contribution >= 4 is 11.6 Å². The maximum atomic E-state index is 10.4. The first-order valence-electron chi connectivity index (χ1n) is 6.90. The van der Waals surface area contributed by atoms with Crippen molar-refractivity contribution in [2.75, 3.05) is 0 Å². The molecule has 1 saturated heterocycles. The minimum absolute atomic E-state index is 0.161. The highest BCUT2D eigenvalue weighted by molar-refractivity contribution is 6.30. The molecule has 1 heterocycles. The van der Waals surface area contributed by atoms with Crippen molar-refractivity contribution in [1.82, 2.24) is 5.32 Å². The molecule has 0 amide bonds. The molecule has 100 valence electrons. The van der Waals surface area contributed by atoms with Crippen LogP contribution in [0.25, 0.3) is 0 Å². The molecule has 0 aromatic heterocycles. The van der Waals surface area contributed by atoms with E-state index < -0.39 is 6.10 Å². The Balaban J connectivity index is 2.02. The Morgan fingerprint density at radius 3 is 3.00 bits per heavy atom. The van der Waals surface area contributed by atoms with E-state index in [4.69, 9.17) is 11.6 Å². The van der Waals surface area contributed by atoms with Crippen molar-refractivity contribution in [3.63, 3.8) is 0 Å². The quantitative estimate of drug-likeness (QED) is 0.872. The number of aliphatic hydroxyl groups excluding tert-OH is 1. The highest BCUT2D eigenvalue weighted by Gasteiger charge is 2.26. The average Bonchev–Trinajstić information content (AvgIpc) is 2.39. The molecular weight excluding hydrogens is 246 g/mol.